The van der Waals surface area contributed by atoms with E-state index in [4.69, 9.17) is 4.74 Å². The Morgan fingerprint density at radius 2 is 2.08 bits per heavy atom. The van der Waals surface area contributed by atoms with E-state index >= 15 is 0 Å². The summed E-state index contributed by atoms with van der Waals surface area (Å²) in [7, 11) is 1.77. The van der Waals surface area contributed by atoms with Crippen LogP contribution < -0.4 is 15.4 Å². The molecular formula is C19H28N4OS. The molecule has 5 nitrogen and oxygen atoms in total. The topological polar surface area (TPSA) is 58.5 Å². The maximum atomic E-state index is 5.93. The van der Waals surface area contributed by atoms with Crippen LogP contribution in [0.15, 0.2) is 34.6 Å². The van der Waals surface area contributed by atoms with Crippen molar-refractivity contribution in [2.24, 2.45) is 4.99 Å². The van der Waals surface area contributed by atoms with Crippen LogP contribution in [0.1, 0.15) is 43.0 Å². The lowest BCUT2D eigenvalue weighted by molar-refractivity contribution is 0.223. The van der Waals surface area contributed by atoms with Gasteiger partial charge in [0.1, 0.15) is 11.9 Å². The minimum atomic E-state index is 0.0344. The molecule has 1 unspecified atom stereocenters. The van der Waals surface area contributed by atoms with E-state index in [9.17, 15) is 0 Å². The van der Waals surface area contributed by atoms with Gasteiger partial charge in [-0.1, -0.05) is 26.0 Å². The fourth-order valence-corrected chi connectivity index (χ4v) is 3.10. The van der Waals surface area contributed by atoms with Gasteiger partial charge >= 0.3 is 0 Å². The molecule has 1 aromatic carbocycles. The van der Waals surface area contributed by atoms with Gasteiger partial charge in [-0.25, -0.2) is 4.98 Å². The van der Waals surface area contributed by atoms with Crippen molar-refractivity contribution in [1.29, 1.82) is 0 Å². The molecule has 0 saturated carbocycles. The molecule has 1 atom stereocenters. The van der Waals surface area contributed by atoms with Gasteiger partial charge in [-0.15, -0.1) is 11.3 Å². The van der Waals surface area contributed by atoms with Gasteiger partial charge in [-0.2, -0.15) is 0 Å². The number of aromatic nitrogens is 1. The molecule has 6 heteroatoms. The molecule has 1 aromatic heterocycles. The molecule has 0 aliphatic rings. The molecular weight excluding hydrogens is 332 g/mol. The third-order valence-corrected chi connectivity index (χ3v) is 4.80. The second-order valence-corrected chi connectivity index (χ2v) is 7.27. The standard InChI is InChI=1S/C19H28N4OS/c1-13(2)18-23-16(12-25-18)11-22-19(20-5)21-10-15(4)24-17-8-6-7-14(3)9-17/h6-9,12-13,15H,10-11H2,1-5H3,(H2,20,21,22). The van der Waals surface area contributed by atoms with Crippen molar-refractivity contribution >= 4 is 17.3 Å². The molecule has 0 bridgehead atoms. The number of aliphatic imine (C=N–C) groups is 1. The Hall–Kier alpha value is -2.08. The molecule has 0 aliphatic carbocycles. The summed E-state index contributed by atoms with van der Waals surface area (Å²) in [6.07, 6.45) is 0.0344. The molecule has 0 amide bonds. The number of rotatable bonds is 7. The molecule has 0 aliphatic heterocycles. The third kappa shape index (κ3) is 6.38. The van der Waals surface area contributed by atoms with Crippen molar-refractivity contribution < 1.29 is 4.74 Å². The Morgan fingerprint density at radius 3 is 2.72 bits per heavy atom. The molecule has 2 rings (SSSR count). The van der Waals surface area contributed by atoms with Crippen LogP contribution in [0.2, 0.25) is 0 Å². The predicted molar refractivity (Wildman–Crippen MR) is 106 cm³/mol. The van der Waals surface area contributed by atoms with Crippen molar-refractivity contribution in [2.45, 2.75) is 46.3 Å². The molecule has 2 N–H and O–H groups in total. The van der Waals surface area contributed by atoms with E-state index in [0.717, 1.165) is 17.4 Å². The van der Waals surface area contributed by atoms with E-state index in [1.54, 1.807) is 18.4 Å². The summed E-state index contributed by atoms with van der Waals surface area (Å²) < 4.78 is 5.93. The molecule has 1 heterocycles. The second-order valence-electron chi connectivity index (χ2n) is 6.38. The van der Waals surface area contributed by atoms with Crippen LogP contribution >= 0.6 is 11.3 Å². The molecule has 0 fully saturated rings. The fourth-order valence-electron chi connectivity index (χ4n) is 2.27. The molecule has 2 aromatic rings. The quantitative estimate of drug-likeness (QED) is 0.584. The number of nitrogens with zero attached hydrogens (tertiary/aromatic N) is 2. The van der Waals surface area contributed by atoms with Crippen LogP contribution in [0.3, 0.4) is 0 Å². The van der Waals surface area contributed by atoms with Crippen LogP contribution in [0.4, 0.5) is 0 Å². The monoisotopic (exact) mass is 360 g/mol. The summed E-state index contributed by atoms with van der Waals surface area (Å²) in [5, 5.41) is 9.85. The van der Waals surface area contributed by atoms with E-state index in [1.807, 2.05) is 25.1 Å². The number of nitrogens with one attached hydrogen (secondary N) is 2. The highest BCUT2D eigenvalue weighted by Gasteiger charge is 2.08. The highest BCUT2D eigenvalue weighted by atomic mass is 32.1. The number of hydrogen-bond donors (Lipinski definition) is 2. The van der Waals surface area contributed by atoms with E-state index in [1.165, 1.54) is 10.6 Å². The number of thiazole rings is 1. The van der Waals surface area contributed by atoms with Gasteiger partial charge in [-0.3, -0.25) is 4.99 Å². The van der Waals surface area contributed by atoms with Crippen LogP contribution in [0.5, 0.6) is 5.75 Å². The predicted octanol–water partition coefficient (Wildman–Crippen LogP) is 3.71. The first kappa shape index (κ1) is 19.2. The van der Waals surface area contributed by atoms with Crippen LogP contribution in [-0.4, -0.2) is 30.6 Å². The molecule has 25 heavy (non-hydrogen) atoms. The van der Waals surface area contributed by atoms with Crippen LogP contribution in [0, 0.1) is 6.92 Å². The van der Waals surface area contributed by atoms with E-state index in [-0.39, 0.29) is 6.10 Å². The fraction of sp³-hybridized carbons (Fsp3) is 0.474. The Morgan fingerprint density at radius 1 is 1.28 bits per heavy atom. The Kier molecular flexibility index (Phi) is 7.25. The number of aryl methyl sites for hydroxylation is 1. The minimum Gasteiger partial charge on any atom is -0.489 e. The molecule has 136 valence electrons. The van der Waals surface area contributed by atoms with Gasteiger partial charge in [0, 0.05) is 18.3 Å². The SMILES string of the molecule is CN=C(NCc1csc(C(C)C)n1)NCC(C)Oc1cccc(C)c1. The average Bonchev–Trinajstić information content (AvgIpc) is 3.04. The number of benzene rings is 1. The number of hydrogen-bond acceptors (Lipinski definition) is 4. The molecule has 0 saturated heterocycles. The van der Waals surface area contributed by atoms with Gasteiger partial charge in [-0.05, 0) is 31.5 Å². The van der Waals surface area contributed by atoms with Crippen molar-refractivity contribution in [3.8, 4) is 5.75 Å². The summed E-state index contributed by atoms with van der Waals surface area (Å²) in [4.78, 5) is 8.88. The maximum absolute atomic E-state index is 5.93. The summed E-state index contributed by atoms with van der Waals surface area (Å²) in [6, 6.07) is 8.08. The van der Waals surface area contributed by atoms with Crippen molar-refractivity contribution in [3.05, 3.63) is 45.9 Å². The second kappa shape index (κ2) is 9.42. The zero-order valence-corrected chi connectivity index (χ0v) is 16.5. The number of ether oxygens (including phenoxy) is 1. The summed E-state index contributed by atoms with van der Waals surface area (Å²) in [6.45, 7) is 9.75. The Labute approximate surface area is 154 Å². The van der Waals surface area contributed by atoms with E-state index in [2.05, 4.69) is 52.8 Å². The van der Waals surface area contributed by atoms with Gasteiger partial charge in [0.25, 0.3) is 0 Å². The zero-order valence-electron chi connectivity index (χ0n) is 15.7. The van der Waals surface area contributed by atoms with E-state index < -0.39 is 0 Å². The normalized spacial score (nSPS) is 13.0. The van der Waals surface area contributed by atoms with Crippen molar-refractivity contribution in [1.82, 2.24) is 15.6 Å². The van der Waals surface area contributed by atoms with E-state index in [0.29, 0.717) is 19.0 Å². The third-order valence-electron chi connectivity index (χ3n) is 3.61. The maximum Gasteiger partial charge on any atom is 0.191 e. The van der Waals surface area contributed by atoms with Crippen LogP contribution in [0.25, 0.3) is 0 Å². The first-order valence-electron chi connectivity index (χ1n) is 8.60. The number of guanidine groups is 1. The van der Waals surface area contributed by atoms with Crippen molar-refractivity contribution in [3.63, 3.8) is 0 Å². The lowest BCUT2D eigenvalue weighted by Gasteiger charge is -2.17. The average molecular weight is 361 g/mol. The smallest absolute Gasteiger partial charge is 0.191 e. The Bertz CT molecular complexity index is 696. The molecule has 0 spiro atoms. The van der Waals surface area contributed by atoms with Gasteiger partial charge in [0.2, 0.25) is 0 Å². The largest absolute Gasteiger partial charge is 0.489 e. The lowest BCUT2D eigenvalue weighted by Crippen LogP contribution is -2.41. The highest BCUT2D eigenvalue weighted by molar-refractivity contribution is 7.09. The highest BCUT2D eigenvalue weighted by Crippen LogP contribution is 2.19. The van der Waals surface area contributed by atoms with Crippen molar-refractivity contribution in [2.75, 3.05) is 13.6 Å². The molecule has 0 radical (unpaired) electrons. The first-order chi connectivity index (χ1) is 12.0. The van der Waals surface area contributed by atoms with Crippen LogP contribution in [-0.2, 0) is 6.54 Å². The lowest BCUT2D eigenvalue weighted by atomic mass is 10.2. The zero-order chi connectivity index (χ0) is 18.2. The van der Waals surface area contributed by atoms with Gasteiger partial charge in [0.05, 0.1) is 23.8 Å². The Balaban J connectivity index is 1.77. The minimum absolute atomic E-state index is 0.0344. The summed E-state index contributed by atoms with van der Waals surface area (Å²) >= 11 is 1.71. The van der Waals surface area contributed by atoms with Gasteiger partial charge in [0.15, 0.2) is 5.96 Å². The summed E-state index contributed by atoms with van der Waals surface area (Å²) in [5.74, 6) is 2.11. The first-order valence-corrected chi connectivity index (χ1v) is 9.48. The summed E-state index contributed by atoms with van der Waals surface area (Å²) in [5.41, 5.74) is 2.24. The van der Waals surface area contributed by atoms with Gasteiger partial charge < -0.3 is 15.4 Å².